The lowest BCUT2D eigenvalue weighted by Gasteiger charge is -2.25. The van der Waals surface area contributed by atoms with E-state index in [2.05, 4.69) is 51.9 Å². The van der Waals surface area contributed by atoms with Gasteiger partial charge in [0.05, 0.1) is 11.9 Å². The first-order chi connectivity index (χ1) is 9.71. The molecule has 0 radical (unpaired) electrons. The Morgan fingerprint density at radius 3 is 2.43 bits per heavy atom. The highest BCUT2D eigenvalue weighted by Crippen LogP contribution is 2.33. The Kier molecular flexibility index (Phi) is 4.54. The summed E-state index contributed by atoms with van der Waals surface area (Å²) in [5.41, 5.74) is 1.56. The minimum atomic E-state index is 0.279. The minimum absolute atomic E-state index is 0.279. The third-order valence-electron chi connectivity index (χ3n) is 3.47. The highest BCUT2D eigenvalue weighted by atomic mass is 32.1. The summed E-state index contributed by atoms with van der Waals surface area (Å²) in [6.07, 6.45) is 0. The minimum Gasteiger partial charge on any atom is -0.372 e. The van der Waals surface area contributed by atoms with E-state index >= 15 is 0 Å². The van der Waals surface area contributed by atoms with Crippen LogP contribution >= 0.6 is 11.3 Å². The van der Waals surface area contributed by atoms with Gasteiger partial charge in [-0.05, 0) is 31.9 Å². The molecule has 0 fully saturated rings. The molecule has 5 heteroatoms. The topological polar surface area (TPSA) is 41.1 Å². The smallest absolute Gasteiger partial charge is 0.146 e. The van der Waals surface area contributed by atoms with Crippen molar-refractivity contribution < 1.29 is 0 Å². The second-order valence-corrected chi connectivity index (χ2v) is 8.14. The first-order valence-corrected chi connectivity index (χ1v) is 8.16. The van der Waals surface area contributed by atoms with Gasteiger partial charge in [0, 0.05) is 18.5 Å². The normalized spacial score (nSPS) is 12.4. The lowest BCUT2D eigenvalue weighted by molar-refractivity contribution is 0.217. The third-order valence-corrected chi connectivity index (χ3v) is 4.57. The van der Waals surface area contributed by atoms with E-state index in [-0.39, 0.29) is 5.41 Å². The highest BCUT2D eigenvalue weighted by Gasteiger charge is 2.17. The molecule has 0 aliphatic heterocycles. The van der Waals surface area contributed by atoms with Crippen LogP contribution in [0.1, 0.15) is 37.0 Å². The fraction of sp³-hybridized carbons (Fsp3) is 0.625. The summed E-state index contributed by atoms with van der Waals surface area (Å²) >= 11 is 1.75. The molecule has 2 aromatic rings. The number of aromatic nitrogens is 2. The lowest BCUT2D eigenvalue weighted by Crippen LogP contribution is -2.29. The van der Waals surface area contributed by atoms with Gasteiger partial charge in [-0.2, -0.15) is 0 Å². The predicted octanol–water partition coefficient (Wildman–Crippen LogP) is 3.83. The Morgan fingerprint density at radius 2 is 1.86 bits per heavy atom. The van der Waals surface area contributed by atoms with Gasteiger partial charge in [-0.25, -0.2) is 9.97 Å². The SMILES string of the molecule is CNc1nc(CN(C)CC(C)(C)C)nc2sc(C)c(C)c12. The van der Waals surface area contributed by atoms with Gasteiger partial charge in [0.15, 0.2) is 0 Å². The van der Waals surface area contributed by atoms with Crippen LogP contribution in [-0.4, -0.2) is 35.5 Å². The van der Waals surface area contributed by atoms with Crippen molar-refractivity contribution in [2.24, 2.45) is 5.41 Å². The summed E-state index contributed by atoms with van der Waals surface area (Å²) in [5, 5.41) is 4.39. The molecule has 0 unspecified atom stereocenters. The summed E-state index contributed by atoms with van der Waals surface area (Å²) in [4.78, 5) is 14.2. The standard InChI is InChI=1S/C16H26N4S/c1-10-11(2)21-15-13(10)14(17-6)18-12(19-15)8-20(7)9-16(3,4)5/h8-9H2,1-7H3,(H,17,18,19). The molecule has 0 bridgehead atoms. The number of thiophene rings is 1. The van der Waals surface area contributed by atoms with Gasteiger partial charge in [-0.1, -0.05) is 20.8 Å². The molecule has 0 amide bonds. The molecule has 2 heterocycles. The van der Waals surface area contributed by atoms with Gasteiger partial charge in [0.2, 0.25) is 0 Å². The average Bonchev–Trinajstić information content (AvgIpc) is 2.61. The van der Waals surface area contributed by atoms with Crippen LogP contribution in [0.15, 0.2) is 0 Å². The zero-order valence-corrected chi connectivity index (χ0v) is 15.0. The number of nitrogens with one attached hydrogen (secondary N) is 1. The van der Waals surface area contributed by atoms with Crippen molar-refractivity contribution in [2.75, 3.05) is 26.0 Å². The number of hydrogen-bond acceptors (Lipinski definition) is 5. The average molecular weight is 306 g/mol. The molecule has 0 aliphatic carbocycles. The fourth-order valence-corrected chi connectivity index (χ4v) is 3.70. The van der Waals surface area contributed by atoms with Gasteiger partial charge in [-0.3, -0.25) is 4.90 Å². The van der Waals surface area contributed by atoms with E-state index in [1.54, 1.807) is 11.3 Å². The zero-order chi connectivity index (χ0) is 15.8. The summed E-state index contributed by atoms with van der Waals surface area (Å²) in [5.74, 6) is 1.83. The van der Waals surface area contributed by atoms with Gasteiger partial charge < -0.3 is 5.32 Å². The molecular weight excluding hydrogens is 280 g/mol. The Bertz CT molecular complexity index is 640. The van der Waals surface area contributed by atoms with Crippen LogP contribution in [0.5, 0.6) is 0 Å². The lowest BCUT2D eigenvalue weighted by atomic mass is 9.96. The maximum Gasteiger partial charge on any atom is 0.146 e. The zero-order valence-electron chi connectivity index (χ0n) is 14.2. The van der Waals surface area contributed by atoms with Crippen LogP contribution in [0.25, 0.3) is 10.2 Å². The van der Waals surface area contributed by atoms with E-state index < -0.39 is 0 Å². The monoisotopic (exact) mass is 306 g/mol. The molecule has 4 nitrogen and oxygen atoms in total. The second-order valence-electron chi connectivity index (χ2n) is 6.93. The van der Waals surface area contributed by atoms with Crippen LogP contribution in [0.2, 0.25) is 0 Å². The van der Waals surface area contributed by atoms with Gasteiger partial charge in [0.25, 0.3) is 0 Å². The number of rotatable bonds is 4. The molecule has 21 heavy (non-hydrogen) atoms. The van der Waals surface area contributed by atoms with Crippen molar-refractivity contribution in [3.8, 4) is 0 Å². The maximum atomic E-state index is 4.76. The Hall–Kier alpha value is -1.20. The molecule has 0 saturated heterocycles. The number of aryl methyl sites for hydroxylation is 2. The van der Waals surface area contributed by atoms with Crippen molar-refractivity contribution in [1.82, 2.24) is 14.9 Å². The van der Waals surface area contributed by atoms with Crippen molar-refractivity contribution in [3.63, 3.8) is 0 Å². The predicted molar refractivity (Wildman–Crippen MR) is 92.2 cm³/mol. The summed E-state index contributed by atoms with van der Waals surface area (Å²) in [6.45, 7) is 12.8. The summed E-state index contributed by atoms with van der Waals surface area (Å²) in [7, 11) is 4.06. The number of fused-ring (bicyclic) bond motifs is 1. The van der Waals surface area contributed by atoms with Crippen molar-refractivity contribution >= 4 is 27.4 Å². The first kappa shape index (κ1) is 16.2. The molecule has 0 aliphatic rings. The Morgan fingerprint density at radius 1 is 1.19 bits per heavy atom. The molecular formula is C16H26N4S. The number of anilines is 1. The number of nitrogens with zero attached hydrogens (tertiary/aromatic N) is 3. The van der Waals surface area contributed by atoms with E-state index in [1.807, 2.05) is 7.05 Å². The molecule has 116 valence electrons. The van der Waals surface area contributed by atoms with Crippen molar-refractivity contribution in [1.29, 1.82) is 0 Å². The van der Waals surface area contributed by atoms with E-state index in [1.165, 1.54) is 15.8 Å². The molecule has 0 saturated carbocycles. The summed E-state index contributed by atoms with van der Waals surface area (Å²) in [6, 6.07) is 0. The van der Waals surface area contributed by atoms with Gasteiger partial charge in [-0.15, -0.1) is 11.3 Å². The van der Waals surface area contributed by atoms with E-state index in [9.17, 15) is 0 Å². The molecule has 0 spiro atoms. The first-order valence-electron chi connectivity index (χ1n) is 7.34. The summed E-state index contributed by atoms with van der Waals surface area (Å²) < 4.78 is 0. The molecule has 0 atom stereocenters. The molecule has 2 rings (SSSR count). The Labute approximate surface area is 131 Å². The molecule has 1 N–H and O–H groups in total. The maximum absolute atomic E-state index is 4.76. The van der Waals surface area contributed by atoms with Crippen LogP contribution in [-0.2, 0) is 6.54 Å². The van der Waals surface area contributed by atoms with E-state index in [0.29, 0.717) is 0 Å². The van der Waals surface area contributed by atoms with Crippen LogP contribution < -0.4 is 5.32 Å². The van der Waals surface area contributed by atoms with Gasteiger partial charge >= 0.3 is 0 Å². The van der Waals surface area contributed by atoms with E-state index in [4.69, 9.17) is 9.97 Å². The Balaban J connectivity index is 2.33. The third kappa shape index (κ3) is 3.71. The van der Waals surface area contributed by atoms with Crippen LogP contribution in [0.3, 0.4) is 0 Å². The van der Waals surface area contributed by atoms with Crippen molar-refractivity contribution in [3.05, 3.63) is 16.3 Å². The van der Waals surface area contributed by atoms with Gasteiger partial charge in [0.1, 0.15) is 16.5 Å². The highest BCUT2D eigenvalue weighted by molar-refractivity contribution is 7.18. The molecule has 0 aromatic carbocycles. The molecule has 2 aromatic heterocycles. The van der Waals surface area contributed by atoms with Crippen LogP contribution in [0.4, 0.5) is 5.82 Å². The largest absolute Gasteiger partial charge is 0.372 e. The quantitative estimate of drug-likeness (QED) is 0.932. The fourth-order valence-electron chi connectivity index (χ4n) is 2.65. The van der Waals surface area contributed by atoms with E-state index in [0.717, 1.165) is 29.6 Å². The van der Waals surface area contributed by atoms with Crippen LogP contribution in [0, 0.1) is 19.3 Å². The second kappa shape index (κ2) is 5.89. The number of hydrogen-bond donors (Lipinski definition) is 1. The van der Waals surface area contributed by atoms with Crippen molar-refractivity contribution in [2.45, 2.75) is 41.2 Å².